The van der Waals surface area contributed by atoms with Crippen LogP contribution in [0.2, 0.25) is 0 Å². The zero-order valence-electron chi connectivity index (χ0n) is 30.1. The summed E-state index contributed by atoms with van der Waals surface area (Å²) in [7, 11) is 1.99. The largest absolute Gasteiger partial charge is 0.493 e. The Bertz CT molecular complexity index is 2560. The quantitative estimate of drug-likeness (QED) is 0.190. The van der Waals surface area contributed by atoms with Gasteiger partial charge in [0.05, 0.1) is 22.3 Å². The molecule has 0 aliphatic heterocycles. The molecule has 3 aromatic heterocycles. The smallest absolute Gasteiger partial charge is 0.222 e. The molecule has 5 nitrogen and oxygen atoms in total. The first-order valence-corrected chi connectivity index (χ1v) is 17.6. The van der Waals surface area contributed by atoms with Crippen LogP contribution in [0.1, 0.15) is 31.9 Å². The number of aromatic hydroxyl groups is 1. The maximum Gasteiger partial charge on any atom is 0.222 e. The van der Waals surface area contributed by atoms with E-state index >= 15 is 0 Å². The number of aryl methyl sites for hydroxylation is 2. The van der Waals surface area contributed by atoms with Gasteiger partial charge in [-0.1, -0.05) is 118 Å². The first kappa shape index (κ1) is 32.9. The number of imidazole rings is 1. The Morgan fingerprint density at radius 3 is 1.85 bits per heavy atom. The molecule has 0 spiro atoms. The van der Waals surface area contributed by atoms with Crippen molar-refractivity contribution in [3.8, 4) is 73.0 Å². The van der Waals surface area contributed by atoms with Gasteiger partial charge in [-0.05, 0) is 98.8 Å². The standard InChI is InChI=1S/C47H40N4O/c1-30-28-48-42(27-40(30)34-21-19-33(20-22-34)31-13-8-6-9-14-31)37-24-35(32-15-10-7-11-16-32)23-36(25-37)39-17-12-18-43-44(39)50-45(51(43)5)41-26-38(47(2,3)4)29-49-46(41)52/h6-29H,1-5H3,(H,49,52). The molecule has 0 saturated heterocycles. The third-order valence-electron chi connectivity index (χ3n) is 9.94. The summed E-state index contributed by atoms with van der Waals surface area (Å²) in [5.74, 6) is 0.637. The number of rotatable bonds is 6. The number of para-hydroxylation sites is 1. The molecule has 0 aliphatic carbocycles. The highest BCUT2D eigenvalue weighted by Crippen LogP contribution is 2.39. The molecule has 0 aliphatic rings. The van der Waals surface area contributed by atoms with Crippen LogP contribution in [0.3, 0.4) is 0 Å². The summed E-state index contributed by atoms with van der Waals surface area (Å²) in [6, 6.07) is 46.9. The second kappa shape index (κ2) is 13.1. The van der Waals surface area contributed by atoms with Crippen molar-refractivity contribution in [1.29, 1.82) is 0 Å². The summed E-state index contributed by atoms with van der Waals surface area (Å²) in [6.45, 7) is 8.54. The fourth-order valence-electron chi connectivity index (χ4n) is 6.91. The van der Waals surface area contributed by atoms with E-state index in [4.69, 9.17) is 9.97 Å². The molecular weight excluding hydrogens is 637 g/mol. The first-order chi connectivity index (χ1) is 25.1. The Morgan fingerprint density at radius 1 is 0.538 bits per heavy atom. The summed E-state index contributed by atoms with van der Waals surface area (Å²) >= 11 is 0. The molecule has 8 aromatic rings. The van der Waals surface area contributed by atoms with Crippen molar-refractivity contribution in [3.05, 3.63) is 157 Å². The summed E-state index contributed by atoms with van der Waals surface area (Å²) < 4.78 is 2.04. The average Bonchev–Trinajstić information content (AvgIpc) is 3.51. The van der Waals surface area contributed by atoms with Gasteiger partial charge >= 0.3 is 0 Å². The van der Waals surface area contributed by atoms with Gasteiger partial charge < -0.3 is 9.67 Å². The van der Waals surface area contributed by atoms with Crippen molar-refractivity contribution in [1.82, 2.24) is 19.5 Å². The first-order valence-electron chi connectivity index (χ1n) is 17.6. The minimum Gasteiger partial charge on any atom is -0.493 e. The van der Waals surface area contributed by atoms with E-state index in [9.17, 15) is 5.11 Å². The van der Waals surface area contributed by atoms with Crippen molar-refractivity contribution in [2.45, 2.75) is 33.1 Å². The van der Waals surface area contributed by atoms with Gasteiger partial charge in [0.15, 0.2) is 0 Å². The van der Waals surface area contributed by atoms with Crippen LogP contribution in [0, 0.1) is 6.92 Å². The van der Waals surface area contributed by atoms with Gasteiger partial charge in [0.1, 0.15) is 5.82 Å². The second-order valence-corrected chi connectivity index (χ2v) is 14.5. The van der Waals surface area contributed by atoms with Gasteiger partial charge in [-0.25, -0.2) is 9.97 Å². The Labute approximate surface area is 305 Å². The van der Waals surface area contributed by atoms with E-state index in [1.54, 1.807) is 6.20 Å². The molecule has 1 N–H and O–H groups in total. The van der Waals surface area contributed by atoms with E-state index in [1.807, 2.05) is 36.0 Å². The van der Waals surface area contributed by atoms with Crippen molar-refractivity contribution in [2.24, 2.45) is 7.05 Å². The normalized spacial score (nSPS) is 11.6. The van der Waals surface area contributed by atoms with Crippen LogP contribution in [0.25, 0.3) is 78.2 Å². The molecule has 5 heteroatoms. The second-order valence-electron chi connectivity index (χ2n) is 14.5. The van der Waals surface area contributed by atoms with E-state index in [2.05, 4.69) is 148 Å². The lowest BCUT2D eigenvalue weighted by molar-refractivity contribution is 0.453. The Kier molecular flexibility index (Phi) is 8.27. The van der Waals surface area contributed by atoms with Gasteiger partial charge in [0.25, 0.3) is 0 Å². The number of nitrogens with zero attached hydrogens (tertiary/aromatic N) is 4. The minimum absolute atomic E-state index is 0.0303. The fraction of sp³-hybridized carbons (Fsp3) is 0.128. The Morgan fingerprint density at radius 2 is 1.15 bits per heavy atom. The molecular formula is C47H40N4O. The van der Waals surface area contributed by atoms with Crippen molar-refractivity contribution >= 4 is 11.0 Å². The zero-order valence-corrected chi connectivity index (χ0v) is 30.1. The molecule has 254 valence electrons. The molecule has 0 bridgehead atoms. The topological polar surface area (TPSA) is 63.8 Å². The lowest BCUT2D eigenvalue weighted by Crippen LogP contribution is -2.11. The van der Waals surface area contributed by atoms with E-state index in [0.29, 0.717) is 11.4 Å². The molecule has 3 heterocycles. The van der Waals surface area contributed by atoms with Gasteiger partial charge in [-0.15, -0.1) is 0 Å². The molecule has 0 radical (unpaired) electrons. The lowest BCUT2D eigenvalue weighted by atomic mass is 9.87. The predicted octanol–water partition coefficient (Wildman–Crippen LogP) is 11.7. The predicted molar refractivity (Wildman–Crippen MR) is 214 cm³/mol. The third-order valence-corrected chi connectivity index (χ3v) is 9.94. The fourth-order valence-corrected chi connectivity index (χ4v) is 6.91. The molecule has 0 fully saturated rings. The molecule has 0 atom stereocenters. The van der Waals surface area contributed by atoms with Gasteiger partial charge in [-0.3, -0.25) is 4.98 Å². The number of hydrogen-bond acceptors (Lipinski definition) is 4. The van der Waals surface area contributed by atoms with Crippen molar-refractivity contribution < 1.29 is 5.11 Å². The molecule has 0 amide bonds. The van der Waals surface area contributed by atoms with E-state index in [1.165, 1.54) is 11.1 Å². The van der Waals surface area contributed by atoms with Gasteiger partial charge in [0.2, 0.25) is 5.88 Å². The van der Waals surface area contributed by atoms with E-state index < -0.39 is 0 Å². The molecule has 5 aromatic carbocycles. The van der Waals surface area contributed by atoms with E-state index in [-0.39, 0.29) is 11.3 Å². The van der Waals surface area contributed by atoms with Crippen LogP contribution in [-0.2, 0) is 12.5 Å². The number of aromatic nitrogens is 4. The van der Waals surface area contributed by atoms with Gasteiger partial charge in [-0.2, -0.15) is 0 Å². The van der Waals surface area contributed by atoms with Crippen LogP contribution in [-0.4, -0.2) is 24.6 Å². The van der Waals surface area contributed by atoms with Crippen molar-refractivity contribution in [3.63, 3.8) is 0 Å². The summed E-state index contributed by atoms with van der Waals surface area (Å²) in [4.78, 5) is 14.5. The minimum atomic E-state index is -0.130. The maximum absolute atomic E-state index is 10.9. The van der Waals surface area contributed by atoms with Crippen molar-refractivity contribution in [2.75, 3.05) is 0 Å². The number of fused-ring (bicyclic) bond motifs is 1. The maximum atomic E-state index is 10.9. The third kappa shape index (κ3) is 6.15. The number of pyridine rings is 2. The molecule has 0 saturated carbocycles. The van der Waals surface area contributed by atoms with Crippen LogP contribution in [0.5, 0.6) is 5.88 Å². The highest BCUT2D eigenvalue weighted by molar-refractivity contribution is 5.96. The van der Waals surface area contributed by atoms with Gasteiger partial charge in [0, 0.05) is 30.6 Å². The summed E-state index contributed by atoms with van der Waals surface area (Å²) in [5, 5.41) is 10.9. The van der Waals surface area contributed by atoms with E-state index in [0.717, 1.165) is 66.8 Å². The highest BCUT2D eigenvalue weighted by Gasteiger charge is 2.22. The lowest BCUT2D eigenvalue weighted by Gasteiger charge is -2.19. The zero-order chi connectivity index (χ0) is 36.0. The molecule has 52 heavy (non-hydrogen) atoms. The van der Waals surface area contributed by atoms with Crippen LogP contribution < -0.4 is 0 Å². The Balaban J connectivity index is 1.27. The molecule has 8 rings (SSSR count). The SMILES string of the molecule is Cc1cnc(-c2cc(-c3ccccc3)cc(-c3cccc4c3nc(-c3cc(C(C)(C)C)cnc3O)n4C)c2)cc1-c1ccc(-c2ccccc2)cc1. The molecule has 0 unspecified atom stereocenters. The number of benzene rings is 5. The van der Waals surface area contributed by atoms with Crippen LogP contribution in [0.15, 0.2) is 146 Å². The summed E-state index contributed by atoms with van der Waals surface area (Å²) in [5.41, 5.74) is 15.3. The monoisotopic (exact) mass is 676 g/mol. The summed E-state index contributed by atoms with van der Waals surface area (Å²) in [6.07, 6.45) is 3.72. The highest BCUT2D eigenvalue weighted by atomic mass is 16.3. The van der Waals surface area contributed by atoms with Crippen LogP contribution >= 0.6 is 0 Å². The number of hydrogen-bond donors (Lipinski definition) is 1. The Hall–Kier alpha value is -6.33. The average molecular weight is 677 g/mol. The van der Waals surface area contributed by atoms with Crippen LogP contribution in [0.4, 0.5) is 0 Å².